The Labute approximate surface area is 152 Å². The molecule has 0 amide bonds. The summed E-state index contributed by atoms with van der Waals surface area (Å²) in [5, 5.41) is 3.73. The van der Waals surface area contributed by atoms with Crippen LogP contribution in [-0.2, 0) is 13.2 Å². The summed E-state index contributed by atoms with van der Waals surface area (Å²) in [4.78, 5) is 0. The van der Waals surface area contributed by atoms with E-state index in [0.717, 1.165) is 18.2 Å². The molecule has 2 aromatic rings. The largest absolute Gasteiger partial charge is 0.489 e. The van der Waals surface area contributed by atoms with Gasteiger partial charge in [-0.1, -0.05) is 68.1 Å². The lowest BCUT2D eigenvalue weighted by Gasteiger charge is -2.23. The van der Waals surface area contributed by atoms with E-state index in [1.807, 2.05) is 18.2 Å². The molecule has 0 radical (unpaired) electrons. The van der Waals surface area contributed by atoms with Gasteiger partial charge in [-0.2, -0.15) is 0 Å². The number of rotatable bonds is 7. The van der Waals surface area contributed by atoms with Gasteiger partial charge in [0, 0.05) is 12.6 Å². The van der Waals surface area contributed by atoms with Crippen molar-refractivity contribution in [3.05, 3.63) is 65.7 Å². The Kier molecular flexibility index (Phi) is 6.93. The van der Waals surface area contributed by atoms with Crippen LogP contribution in [0, 0.1) is 5.92 Å². The van der Waals surface area contributed by atoms with Crippen molar-refractivity contribution in [1.29, 1.82) is 0 Å². The Hall–Kier alpha value is -1.80. The molecule has 134 valence electrons. The Balaban J connectivity index is 1.44. The second kappa shape index (κ2) is 9.62. The highest BCUT2D eigenvalue weighted by Crippen LogP contribution is 2.25. The van der Waals surface area contributed by atoms with E-state index in [-0.39, 0.29) is 0 Å². The summed E-state index contributed by atoms with van der Waals surface area (Å²) in [6.45, 7) is 3.92. The Morgan fingerprint density at radius 2 is 1.56 bits per heavy atom. The first-order chi connectivity index (χ1) is 12.3. The molecule has 1 fully saturated rings. The molecular weight excluding hydrogens is 306 g/mol. The second-order valence-corrected chi connectivity index (χ2v) is 7.34. The molecule has 1 aliphatic carbocycles. The summed E-state index contributed by atoms with van der Waals surface area (Å²) >= 11 is 0. The van der Waals surface area contributed by atoms with Crippen molar-refractivity contribution in [1.82, 2.24) is 5.32 Å². The maximum atomic E-state index is 5.86. The maximum Gasteiger partial charge on any atom is 0.119 e. The summed E-state index contributed by atoms with van der Waals surface area (Å²) in [6, 6.07) is 19.4. The molecule has 0 heterocycles. The van der Waals surface area contributed by atoms with Crippen LogP contribution in [0.2, 0.25) is 0 Å². The van der Waals surface area contributed by atoms with Gasteiger partial charge in [0.1, 0.15) is 12.4 Å². The topological polar surface area (TPSA) is 21.3 Å². The fourth-order valence-electron chi connectivity index (χ4n) is 3.70. The van der Waals surface area contributed by atoms with Gasteiger partial charge in [-0.25, -0.2) is 0 Å². The lowest BCUT2D eigenvalue weighted by molar-refractivity contribution is 0.306. The molecule has 3 rings (SSSR count). The molecule has 0 aromatic heterocycles. The summed E-state index contributed by atoms with van der Waals surface area (Å²) in [5.74, 6) is 1.78. The molecule has 2 nitrogen and oxygen atoms in total. The Morgan fingerprint density at radius 1 is 0.880 bits per heavy atom. The number of hydrogen-bond acceptors (Lipinski definition) is 2. The minimum Gasteiger partial charge on any atom is -0.489 e. The van der Waals surface area contributed by atoms with Gasteiger partial charge < -0.3 is 10.1 Å². The van der Waals surface area contributed by atoms with E-state index in [4.69, 9.17) is 4.74 Å². The van der Waals surface area contributed by atoms with Crippen LogP contribution in [-0.4, -0.2) is 6.04 Å². The van der Waals surface area contributed by atoms with Crippen LogP contribution in [0.3, 0.4) is 0 Å². The van der Waals surface area contributed by atoms with Gasteiger partial charge in [-0.05, 0) is 48.9 Å². The molecule has 1 saturated carbocycles. The summed E-state index contributed by atoms with van der Waals surface area (Å²) in [7, 11) is 0. The SMILES string of the molecule is C[C@H](NCc1ccc(OCc2ccccc2)cc1)C1CCCCCC1. The molecule has 1 N–H and O–H groups in total. The number of ether oxygens (including phenoxy) is 1. The van der Waals surface area contributed by atoms with Crippen molar-refractivity contribution in [3.63, 3.8) is 0 Å². The molecule has 0 spiro atoms. The minimum atomic E-state index is 0.604. The van der Waals surface area contributed by atoms with Crippen molar-refractivity contribution < 1.29 is 4.74 Å². The fourth-order valence-corrected chi connectivity index (χ4v) is 3.70. The van der Waals surface area contributed by atoms with Crippen molar-refractivity contribution in [3.8, 4) is 5.75 Å². The quantitative estimate of drug-likeness (QED) is 0.653. The molecule has 25 heavy (non-hydrogen) atoms. The molecule has 0 unspecified atom stereocenters. The Morgan fingerprint density at radius 3 is 2.24 bits per heavy atom. The molecule has 1 atom stereocenters. The molecule has 2 heteroatoms. The smallest absolute Gasteiger partial charge is 0.119 e. The molecule has 2 aromatic carbocycles. The van der Waals surface area contributed by atoms with E-state index < -0.39 is 0 Å². The van der Waals surface area contributed by atoms with Crippen molar-refractivity contribution in [2.75, 3.05) is 0 Å². The van der Waals surface area contributed by atoms with Crippen LogP contribution in [0.15, 0.2) is 54.6 Å². The minimum absolute atomic E-state index is 0.604. The predicted molar refractivity (Wildman–Crippen MR) is 105 cm³/mol. The van der Waals surface area contributed by atoms with Crippen LogP contribution in [0.5, 0.6) is 5.75 Å². The first-order valence-electron chi connectivity index (χ1n) is 9.80. The molecule has 0 saturated heterocycles. The summed E-state index contributed by atoms with van der Waals surface area (Å²) in [6.07, 6.45) is 8.44. The predicted octanol–water partition coefficient (Wildman–Crippen LogP) is 5.71. The van der Waals surface area contributed by atoms with E-state index in [1.165, 1.54) is 49.7 Å². The number of benzene rings is 2. The first-order valence-corrected chi connectivity index (χ1v) is 9.80. The highest BCUT2D eigenvalue weighted by molar-refractivity contribution is 5.27. The van der Waals surface area contributed by atoms with Gasteiger partial charge in [-0.3, -0.25) is 0 Å². The van der Waals surface area contributed by atoms with E-state index in [9.17, 15) is 0 Å². The van der Waals surface area contributed by atoms with Crippen molar-refractivity contribution in [2.45, 2.75) is 64.6 Å². The maximum absolute atomic E-state index is 5.86. The zero-order valence-corrected chi connectivity index (χ0v) is 15.4. The monoisotopic (exact) mass is 337 g/mol. The zero-order chi connectivity index (χ0) is 17.3. The van der Waals surface area contributed by atoms with E-state index in [1.54, 1.807) is 0 Å². The third kappa shape index (κ3) is 5.89. The third-order valence-electron chi connectivity index (χ3n) is 5.41. The molecule has 0 aliphatic heterocycles. The summed E-state index contributed by atoms with van der Waals surface area (Å²) in [5.41, 5.74) is 2.53. The van der Waals surface area contributed by atoms with Crippen molar-refractivity contribution >= 4 is 0 Å². The van der Waals surface area contributed by atoms with Crippen LogP contribution in [0.1, 0.15) is 56.6 Å². The van der Waals surface area contributed by atoms with Gasteiger partial charge in [0.25, 0.3) is 0 Å². The van der Waals surface area contributed by atoms with E-state index >= 15 is 0 Å². The first kappa shape index (κ1) is 18.0. The van der Waals surface area contributed by atoms with Gasteiger partial charge >= 0.3 is 0 Å². The van der Waals surface area contributed by atoms with Gasteiger partial charge in [0.15, 0.2) is 0 Å². The van der Waals surface area contributed by atoms with Crippen LogP contribution < -0.4 is 10.1 Å². The average Bonchev–Trinajstić information content (AvgIpc) is 2.96. The van der Waals surface area contributed by atoms with Gasteiger partial charge in [0.05, 0.1) is 0 Å². The standard InChI is InChI=1S/C23H31NO/c1-19(22-11-7-2-3-8-12-22)24-17-20-13-15-23(16-14-20)25-18-21-9-5-4-6-10-21/h4-6,9-10,13-16,19,22,24H,2-3,7-8,11-12,17-18H2,1H3/t19-/m0/s1. The normalized spacial score (nSPS) is 17.0. The van der Waals surface area contributed by atoms with Crippen LogP contribution >= 0.6 is 0 Å². The fraction of sp³-hybridized carbons (Fsp3) is 0.478. The lowest BCUT2D eigenvalue weighted by atomic mass is 9.93. The average molecular weight is 338 g/mol. The van der Waals surface area contributed by atoms with Crippen molar-refractivity contribution in [2.24, 2.45) is 5.92 Å². The Bertz CT molecular complexity index is 600. The molecule has 0 bridgehead atoms. The second-order valence-electron chi connectivity index (χ2n) is 7.34. The third-order valence-corrected chi connectivity index (χ3v) is 5.41. The van der Waals surface area contributed by atoms with Gasteiger partial charge in [0.2, 0.25) is 0 Å². The zero-order valence-electron chi connectivity index (χ0n) is 15.4. The number of nitrogens with one attached hydrogen (secondary N) is 1. The lowest BCUT2D eigenvalue weighted by Crippen LogP contribution is -2.32. The number of hydrogen-bond donors (Lipinski definition) is 1. The van der Waals surface area contributed by atoms with Crippen LogP contribution in [0.25, 0.3) is 0 Å². The summed E-state index contributed by atoms with van der Waals surface area (Å²) < 4.78 is 5.86. The van der Waals surface area contributed by atoms with Crippen LogP contribution in [0.4, 0.5) is 0 Å². The molecule has 1 aliphatic rings. The molecular formula is C23H31NO. The van der Waals surface area contributed by atoms with E-state index in [0.29, 0.717) is 12.6 Å². The highest BCUT2D eigenvalue weighted by atomic mass is 16.5. The van der Waals surface area contributed by atoms with E-state index in [2.05, 4.69) is 48.6 Å². The van der Waals surface area contributed by atoms with Gasteiger partial charge in [-0.15, -0.1) is 0 Å². The highest BCUT2D eigenvalue weighted by Gasteiger charge is 2.18.